The van der Waals surface area contributed by atoms with Crippen LogP contribution in [0.1, 0.15) is 5.56 Å². The molecule has 2 rings (SSSR count). The number of ether oxygens (including phenoxy) is 1. The van der Waals surface area contributed by atoms with Gasteiger partial charge in [0.05, 0.1) is 13.7 Å². The fourth-order valence-corrected chi connectivity index (χ4v) is 2.80. The van der Waals surface area contributed by atoms with E-state index in [1.165, 1.54) is 19.2 Å². The lowest BCUT2D eigenvalue weighted by Crippen LogP contribution is -2.42. The van der Waals surface area contributed by atoms with Gasteiger partial charge in [-0.2, -0.15) is 11.8 Å². The maximum Gasteiger partial charge on any atom is 0.191 e. The molecule has 0 radical (unpaired) electrons. The lowest BCUT2D eigenvalue weighted by molar-refractivity contribution is 0.410. The number of methoxy groups -OCH3 is 1. The highest BCUT2D eigenvalue weighted by Gasteiger charge is 2.12. The number of hydrogen-bond acceptors (Lipinski definition) is 3. The van der Waals surface area contributed by atoms with Crippen molar-refractivity contribution in [1.29, 1.82) is 0 Å². The van der Waals surface area contributed by atoms with Crippen molar-refractivity contribution in [2.45, 2.75) is 6.54 Å². The van der Waals surface area contributed by atoms with Crippen molar-refractivity contribution in [2.24, 2.45) is 10.7 Å². The summed E-state index contributed by atoms with van der Waals surface area (Å²) in [6.45, 7) is 2.21. The summed E-state index contributed by atoms with van der Waals surface area (Å²) in [7, 11) is 1.52. The highest BCUT2D eigenvalue weighted by molar-refractivity contribution is 7.99. The van der Waals surface area contributed by atoms with Crippen LogP contribution in [0.2, 0.25) is 0 Å². The third-order valence-corrected chi connectivity index (χ3v) is 3.87. The first-order valence-electron chi connectivity index (χ1n) is 6.15. The first kappa shape index (κ1) is 14.0. The molecular weight excluding hydrogens is 265 g/mol. The van der Waals surface area contributed by atoms with Gasteiger partial charge < -0.3 is 15.4 Å². The molecule has 0 saturated carbocycles. The van der Waals surface area contributed by atoms with E-state index in [9.17, 15) is 4.39 Å². The monoisotopic (exact) mass is 283 g/mol. The molecule has 1 fully saturated rings. The van der Waals surface area contributed by atoms with Gasteiger partial charge in [0, 0.05) is 30.7 Å². The molecule has 0 atom stereocenters. The van der Waals surface area contributed by atoms with E-state index in [-0.39, 0.29) is 5.82 Å². The Morgan fingerprint density at radius 2 is 2.16 bits per heavy atom. The topological polar surface area (TPSA) is 50.9 Å². The van der Waals surface area contributed by atoms with Gasteiger partial charge in [-0.15, -0.1) is 0 Å². The van der Waals surface area contributed by atoms with Gasteiger partial charge in [-0.25, -0.2) is 9.38 Å². The van der Waals surface area contributed by atoms with Crippen LogP contribution in [0.3, 0.4) is 0 Å². The first-order valence-corrected chi connectivity index (χ1v) is 7.30. The van der Waals surface area contributed by atoms with E-state index in [2.05, 4.69) is 9.89 Å². The second-order valence-corrected chi connectivity index (χ2v) is 5.50. The van der Waals surface area contributed by atoms with E-state index in [1.807, 2.05) is 11.8 Å². The molecule has 0 bridgehead atoms. The molecule has 104 valence electrons. The Balaban J connectivity index is 2.02. The van der Waals surface area contributed by atoms with Gasteiger partial charge in [-0.1, -0.05) is 0 Å². The lowest BCUT2D eigenvalue weighted by Gasteiger charge is -2.27. The second-order valence-electron chi connectivity index (χ2n) is 4.27. The maximum absolute atomic E-state index is 13.3. The number of aliphatic imine (C=N–C) groups is 1. The quantitative estimate of drug-likeness (QED) is 0.677. The van der Waals surface area contributed by atoms with Crippen LogP contribution in [0.5, 0.6) is 5.75 Å². The molecule has 0 aromatic heterocycles. The summed E-state index contributed by atoms with van der Waals surface area (Å²) in [6.07, 6.45) is 0. The van der Waals surface area contributed by atoms with Crippen molar-refractivity contribution in [3.05, 3.63) is 29.6 Å². The SMILES string of the molecule is COc1cc(F)cc(CN=C(N)N2CCSCC2)c1. The summed E-state index contributed by atoms with van der Waals surface area (Å²) >= 11 is 1.92. The molecule has 1 heterocycles. The van der Waals surface area contributed by atoms with Crippen LogP contribution in [0.15, 0.2) is 23.2 Å². The van der Waals surface area contributed by atoms with E-state index in [4.69, 9.17) is 10.5 Å². The molecule has 0 spiro atoms. The van der Waals surface area contributed by atoms with Crippen molar-refractivity contribution in [3.63, 3.8) is 0 Å². The number of guanidine groups is 1. The molecule has 2 N–H and O–H groups in total. The van der Waals surface area contributed by atoms with Crippen LogP contribution in [0.4, 0.5) is 4.39 Å². The molecule has 0 unspecified atom stereocenters. The van der Waals surface area contributed by atoms with Gasteiger partial charge in [-0.05, 0) is 17.7 Å². The Labute approximate surface area is 116 Å². The van der Waals surface area contributed by atoms with Gasteiger partial charge in [0.1, 0.15) is 11.6 Å². The number of rotatable bonds is 3. The van der Waals surface area contributed by atoms with Crippen molar-refractivity contribution in [1.82, 2.24) is 4.90 Å². The number of benzene rings is 1. The fraction of sp³-hybridized carbons (Fsp3) is 0.462. The predicted octanol–water partition coefficient (Wildman–Crippen LogP) is 1.70. The normalized spacial score (nSPS) is 16.5. The lowest BCUT2D eigenvalue weighted by atomic mass is 10.2. The van der Waals surface area contributed by atoms with Gasteiger partial charge in [0.25, 0.3) is 0 Å². The standard InChI is InChI=1S/C13H18FN3OS/c1-18-12-7-10(6-11(14)8-12)9-16-13(15)17-2-4-19-5-3-17/h6-8H,2-5,9H2,1H3,(H2,15,16). The zero-order chi connectivity index (χ0) is 13.7. The Bertz CT molecular complexity index is 461. The molecule has 1 saturated heterocycles. The van der Waals surface area contributed by atoms with E-state index < -0.39 is 0 Å². The third-order valence-electron chi connectivity index (χ3n) is 2.93. The Morgan fingerprint density at radius 3 is 2.84 bits per heavy atom. The molecular formula is C13H18FN3OS. The number of nitrogens with zero attached hydrogens (tertiary/aromatic N) is 2. The van der Waals surface area contributed by atoms with Gasteiger partial charge in [0.2, 0.25) is 0 Å². The highest BCUT2D eigenvalue weighted by Crippen LogP contribution is 2.17. The average molecular weight is 283 g/mol. The first-order chi connectivity index (χ1) is 9.19. The van der Waals surface area contributed by atoms with Crippen LogP contribution in [-0.4, -0.2) is 42.6 Å². The van der Waals surface area contributed by atoms with Crippen molar-refractivity contribution < 1.29 is 9.13 Å². The predicted molar refractivity (Wildman–Crippen MR) is 77.2 cm³/mol. The van der Waals surface area contributed by atoms with Crippen molar-refractivity contribution in [2.75, 3.05) is 31.7 Å². The minimum absolute atomic E-state index is 0.322. The van der Waals surface area contributed by atoms with Crippen LogP contribution >= 0.6 is 11.8 Å². The summed E-state index contributed by atoms with van der Waals surface area (Å²) in [5, 5.41) is 0. The number of hydrogen-bond donors (Lipinski definition) is 1. The molecule has 1 aromatic rings. The molecule has 6 heteroatoms. The van der Waals surface area contributed by atoms with Crippen LogP contribution < -0.4 is 10.5 Å². The number of halogens is 1. The molecule has 4 nitrogen and oxygen atoms in total. The third kappa shape index (κ3) is 4.02. The zero-order valence-electron chi connectivity index (χ0n) is 10.9. The van der Waals surface area contributed by atoms with E-state index in [0.29, 0.717) is 18.3 Å². The molecule has 0 amide bonds. The van der Waals surface area contributed by atoms with Crippen LogP contribution in [0, 0.1) is 5.82 Å². The van der Waals surface area contributed by atoms with Crippen LogP contribution in [-0.2, 0) is 6.54 Å². The van der Waals surface area contributed by atoms with Crippen LogP contribution in [0.25, 0.3) is 0 Å². The van der Waals surface area contributed by atoms with Crippen molar-refractivity contribution >= 4 is 17.7 Å². The average Bonchev–Trinajstić information content (AvgIpc) is 2.45. The largest absolute Gasteiger partial charge is 0.497 e. The molecule has 1 aliphatic rings. The number of nitrogens with two attached hydrogens (primary N) is 1. The minimum Gasteiger partial charge on any atom is -0.497 e. The molecule has 0 aliphatic carbocycles. The Morgan fingerprint density at radius 1 is 1.42 bits per heavy atom. The minimum atomic E-state index is -0.322. The van der Waals surface area contributed by atoms with E-state index in [0.717, 1.165) is 30.2 Å². The Hall–Kier alpha value is -1.43. The van der Waals surface area contributed by atoms with Crippen molar-refractivity contribution in [3.8, 4) is 5.75 Å². The Kier molecular flexibility index (Phi) is 4.90. The second kappa shape index (κ2) is 6.65. The van der Waals surface area contributed by atoms with Gasteiger partial charge >= 0.3 is 0 Å². The summed E-state index contributed by atoms with van der Waals surface area (Å²) in [4.78, 5) is 6.39. The van der Waals surface area contributed by atoms with Gasteiger partial charge in [-0.3, -0.25) is 0 Å². The summed E-state index contributed by atoms with van der Waals surface area (Å²) in [5.74, 6) is 2.85. The van der Waals surface area contributed by atoms with E-state index in [1.54, 1.807) is 6.07 Å². The molecule has 19 heavy (non-hydrogen) atoms. The molecule has 1 aromatic carbocycles. The summed E-state index contributed by atoms with van der Waals surface area (Å²) < 4.78 is 18.3. The number of thioether (sulfide) groups is 1. The smallest absolute Gasteiger partial charge is 0.191 e. The summed E-state index contributed by atoms with van der Waals surface area (Å²) in [5.41, 5.74) is 6.70. The fourth-order valence-electron chi connectivity index (χ4n) is 1.89. The van der Waals surface area contributed by atoms with Gasteiger partial charge in [0.15, 0.2) is 5.96 Å². The summed E-state index contributed by atoms with van der Waals surface area (Å²) in [6, 6.07) is 4.57. The van der Waals surface area contributed by atoms with E-state index >= 15 is 0 Å². The maximum atomic E-state index is 13.3. The molecule has 1 aliphatic heterocycles. The highest BCUT2D eigenvalue weighted by atomic mass is 32.2. The zero-order valence-corrected chi connectivity index (χ0v) is 11.8.